The quantitative estimate of drug-likeness (QED) is 0.0284. The van der Waals surface area contributed by atoms with Crippen LogP contribution in [0.5, 0.6) is 0 Å². The number of anilines is 2. The maximum Gasteiger partial charge on any atom is 0.325 e. The molecule has 3 aromatic carbocycles. The van der Waals surface area contributed by atoms with Crippen LogP contribution >= 0.6 is 11.3 Å². The van der Waals surface area contributed by atoms with Crippen LogP contribution in [0.2, 0.25) is 0 Å². The average molecular weight is 1280 g/mol. The van der Waals surface area contributed by atoms with Crippen molar-refractivity contribution in [3.05, 3.63) is 89.3 Å². The Morgan fingerprint density at radius 2 is 1.56 bits per heavy atom. The number of benzene rings is 3. The number of likely N-dealkylation sites (tertiary alicyclic amines) is 2. The topological polar surface area (TPSA) is 292 Å². The van der Waals surface area contributed by atoms with Crippen molar-refractivity contribution in [1.82, 2.24) is 59.8 Å². The number of nitrogens with two attached hydrogens (primary N) is 1. The molecule has 2 saturated heterocycles. The summed E-state index contributed by atoms with van der Waals surface area (Å²) < 4.78 is 67.5. The number of nitrogen functional groups attached to an aromatic ring is 1. The van der Waals surface area contributed by atoms with Crippen molar-refractivity contribution in [3.63, 3.8) is 0 Å². The molecule has 2 aliphatic heterocycles. The Hall–Kier alpha value is -8.46. The van der Waals surface area contributed by atoms with Crippen LogP contribution in [0.4, 0.5) is 20.4 Å². The number of thiazole rings is 1. The molecule has 23 nitrogen and oxygen atoms in total. The predicted molar refractivity (Wildman–Crippen MR) is 337 cm³/mol. The number of halogens is 2. The Kier molecular flexibility index (Phi) is 20.2. The van der Waals surface area contributed by atoms with Crippen molar-refractivity contribution < 1.29 is 50.7 Å². The SMILES string of the molecule is CCCS(=O)(=O)Nc1cccc(-c2nc(C3CCN(C(=O)CCCCCCCCNC(=O)CCC(=O)N4CC5(CC(c6nn(CC(=O)N(C)CC(=O)NCC(=O)OC)c7cccc(-c8cc9c(cnn9C)cc8F)c67)C5)C4)CC3)sc2-c2ccnc(N)n2)c1F. The van der Waals surface area contributed by atoms with Gasteiger partial charge >= 0.3 is 5.97 Å². The molecule has 5 amide bonds. The van der Waals surface area contributed by atoms with Crippen LogP contribution in [-0.2, 0) is 57.1 Å². The molecule has 0 radical (unpaired) electrons. The number of esters is 1. The Morgan fingerprint density at radius 1 is 0.833 bits per heavy atom. The first kappa shape index (κ1) is 64.5. The molecular weight excluding hydrogens is 1200 g/mol. The molecule has 0 unspecified atom stereocenters. The Balaban J connectivity index is 0.632. The molecule has 0 bridgehead atoms. The van der Waals surface area contributed by atoms with Crippen LogP contribution < -0.4 is 21.1 Å². The molecule has 478 valence electrons. The highest BCUT2D eigenvalue weighted by molar-refractivity contribution is 7.92. The number of carbonyl (C=O) groups excluding carboxylic acids is 6. The lowest BCUT2D eigenvalue weighted by Gasteiger charge is -2.59. The third-order valence-corrected chi connectivity index (χ3v) is 20.0. The fourth-order valence-electron chi connectivity index (χ4n) is 12.5. The fraction of sp³-hybridized carbons (Fsp3) is 0.476. The van der Waals surface area contributed by atoms with Gasteiger partial charge in [-0.1, -0.05) is 50.8 Å². The zero-order valence-electron chi connectivity index (χ0n) is 51.1. The van der Waals surface area contributed by atoms with Crippen LogP contribution in [0.1, 0.15) is 119 Å². The normalized spacial score (nSPS) is 15.0. The first-order chi connectivity index (χ1) is 43.2. The number of carbonyl (C=O) groups is 6. The van der Waals surface area contributed by atoms with Gasteiger partial charge in [0.15, 0.2) is 5.82 Å². The minimum Gasteiger partial charge on any atom is -0.468 e. The zero-order chi connectivity index (χ0) is 63.9. The standard InChI is InChI=1S/C63H76F2N14O9S2/c1-5-28-90(86,87)74-46-16-12-15-43(57(46)65)59-60(47-21-25-68-62(66)71-47)89-61(72-59)39-22-26-77(27-23-39)52(82)18-10-8-6-7-9-11-24-67-50(80)19-20-53(83)78-37-63(38-78)31-41(32-63)58-56-42(44-30-49-40(29-45(44)64)33-70-76(49)3)14-13-17-48(56)79(73-58)36-54(84)75(2)35-51(81)69-34-55(85)88-4/h12-17,21,25,29-30,33,39,41,74H,5-11,18-20,22-24,26-28,31-32,34-38H2,1-4H3,(H,67,80)(H,69,81)(H2,66,68,71). The van der Waals surface area contributed by atoms with Crippen molar-refractivity contribution >= 4 is 90.3 Å². The minimum atomic E-state index is -3.76. The number of hydrogen-bond acceptors (Lipinski definition) is 16. The number of piperidine rings is 1. The number of aromatic nitrogens is 7. The van der Waals surface area contributed by atoms with E-state index in [9.17, 15) is 37.2 Å². The number of ether oxygens (including phenoxy) is 1. The summed E-state index contributed by atoms with van der Waals surface area (Å²) in [7, 11) is 0.728. The summed E-state index contributed by atoms with van der Waals surface area (Å²) in [5.74, 6) is -3.02. The largest absolute Gasteiger partial charge is 0.468 e. The van der Waals surface area contributed by atoms with E-state index in [2.05, 4.69) is 35.2 Å². The summed E-state index contributed by atoms with van der Waals surface area (Å²) in [5, 5.41) is 16.9. The van der Waals surface area contributed by atoms with Gasteiger partial charge in [0, 0.05) is 111 Å². The highest BCUT2D eigenvalue weighted by Crippen LogP contribution is 2.57. The second kappa shape index (κ2) is 28.2. The molecule has 1 spiro atoms. The first-order valence-corrected chi connectivity index (χ1v) is 33.1. The Labute approximate surface area is 524 Å². The maximum atomic E-state index is 16.1. The van der Waals surface area contributed by atoms with E-state index in [1.807, 2.05) is 17.0 Å². The van der Waals surface area contributed by atoms with E-state index >= 15 is 8.78 Å². The molecule has 3 fully saturated rings. The minimum absolute atomic E-state index is 0.0109. The van der Waals surface area contributed by atoms with E-state index in [-0.39, 0.29) is 90.4 Å². The summed E-state index contributed by atoms with van der Waals surface area (Å²) in [5.41, 5.74) is 9.63. The summed E-state index contributed by atoms with van der Waals surface area (Å²) in [4.78, 5) is 96.0. The summed E-state index contributed by atoms with van der Waals surface area (Å²) in [6.45, 7) is 3.63. The molecule has 6 heterocycles. The van der Waals surface area contributed by atoms with Gasteiger partial charge in [-0.3, -0.25) is 42.9 Å². The zero-order valence-corrected chi connectivity index (χ0v) is 52.7. The Morgan fingerprint density at radius 3 is 2.30 bits per heavy atom. The lowest BCUT2D eigenvalue weighted by Crippen LogP contribution is -2.63. The van der Waals surface area contributed by atoms with E-state index in [0.29, 0.717) is 102 Å². The number of fused-ring (bicyclic) bond motifs is 2. The first-order valence-electron chi connectivity index (χ1n) is 30.6. The molecule has 5 N–H and O–H groups in total. The number of sulfonamides is 1. The number of hydrogen-bond donors (Lipinski definition) is 4. The maximum absolute atomic E-state index is 16.1. The van der Waals surface area contributed by atoms with Gasteiger partial charge in [0.1, 0.15) is 18.9 Å². The van der Waals surface area contributed by atoms with E-state index in [1.165, 1.54) is 48.7 Å². The number of methoxy groups -OCH3 is 1. The molecule has 1 saturated carbocycles. The van der Waals surface area contributed by atoms with E-state index in [4.69, 9.17) is 15.8 Å². The van der Waals surface area contributed by atoms with Crippen molar-refractivity contribution in [2.75, 3.05) is 76.2 Å². The van der Waals surface area contributed by atoms with Gasteiger partial charge in [-0.05, 0) is 86.9 Å². The van der Waals surface area contributed by atoms with Gasteiger partial charge in [0.25, 0.3) is 0 Å². The van der Waals surface area contributed by atoms with Crippen molar-refractivity contribution in [3.8, 4) is 33.0 Å². The lowest BCUT2D eigenvalue weighted by atomic mass is 9.56. The van der Waals surface area contributed by atoms with Crippen molar-refractivity contribution in [2.24, 2.45) is 12.5 Å². The molecule has 7 aromatic rings. The smallest absolute Gasteiger partial charge is 0.325 e. The van der Waals surface area contributed by atoms with Crippen LogP contribution in [0.15, 0.2) is 67.0 Å². The fourth-order valence-corrected chi connectivity index (χ4v) is 14.8. The van der Waals surface area contributed by atoms with Gasteiger partial charge in [-0.15, -0.1) is 11.3 Å². The van der Waals surface area contributed by atoms with E-state index in [0.717, 1.165) is 67.6 Å². The van der Waals surface area contributed by atoms with Crippen molar-refractivity contribution in [1.29, 1.82) is 0 Å². The molecule has 4 aromatic heterocycles. The number of rotatable bonds is 27. The second-order valence-corrected chi connectivity index (χ2v) is 26.7. The molecule has 1 aliphatic carbocycles. The third-order valence-electron chi connectivity index (χ3n) is 17.3. The third kappa shape index (κ3) is 14.9. The number of likely N-dealkylation sites (N-methyl/N-ethyl adjacent to an activating group) is 1. The highest BCUT2D eigenvalue weighted by atomic mass is 32.2. The van der Waals surface area contributed by atoms with Crippen LogP contribution in [0.25, 0.3) is 54.8 Å². The molecule has 10 rings (SSSR count). The van der Waals surface area contributed by atoms with Crippen LogP contribution in [-0.4, -0.2) is 159 Å². The lowest BCUT2D eigenvalue weighted by molar-refractivity contribution is -0.152. The number of aryl methyl sites for hydroxylation is 1. The molecule has 0 atom stereocenters. The van der Waals surface area contributed by atoms with E-state index < -0.39 is 39.4 Å². The van der Waals surface area contributed by atoms with Crippen molar-refractivity contribution in [2.45, 2.75) is 115 Å². The Bertz CT molecular complexity index is 3940. The number of nitrogens with zero attached hydrogens (tertiary/aromatic N) is 10. The van der Waals surface area contributed by atoms with Crippen LogP contribution in [0, 0.1) is 17.0 Å². The summed E-state index contributed by atoms with van der Waals surface area (Å²) in [6, 6.07) is 14.9. The summed E-state index contributed by atoms with van der Waals surface area (Å²) >= 11 is 1.38. The average Bonchev–Trinajstić information content (AvgIpc) is 1.25. The van der Waals surface area contributed by atoms with Crippen LogP contribution in [0.3, 0.4) is 0 Å². The second-order valence-electron chi connectivity index (χ2n) is 23.9. The number of amides is 5. The molecule has 90 heavy (non-hydrogen) atoms. The van der Waals surface area contributed by atoms with Gasteiger partial charge in [0.05, 0.1) is 69.3 Å². The van der Waals surface area contributed by atoms with Gasteiger partial charge in [0.2, 0.25) is 45.5 Å². The highest BCUT2D eigenvalue weighted by Gasteiger charge is 2.55. The van der Waals surface area contributed by atoms with E-state index in [1.54, 1.807) is 64.8 Å². The summed E-state index contributed by atoms with van der Waals surface area (Å²) in [6.07, 6.45) is 12.3. The molecular formula is C63H76F2N14O9S2. The molecule has 27 heteroatoms. The number of nitrogens with one attached hydrogen (secondary N) is 3. The molecule has 3 aliphatic rings. The predicted octanol–water partition coefficient (Wildman–Crippen LogP) is 7.67. The monoisotopic (exact) mass is 1270 g/mol. The van der Waals surface area contributed by atoms with Gasteiger partial charge in [-0.25, -0.2) is 32.2 Å². The van der Waals surface area contributed by atoms with Gasteiger partial charge in [-0.2, -0.15) is 10.2 Å². The van der Waals surface area contributed by atoms with Gasteiger partial charge < -0.3 is 35.8 Å². The number of unbranched alkanes of at least 4 members (excludes halogenated alkanes) is 5.